The zero-order chi connectivity index (χ0) is 20.8. The topological polar surface area (TPSA) is 90.7 Å². The van der Waals surface area contributed by atoms with Crippen LogP contribution in [0.1, 0.15) is 10.4 Å². The summed E-state index contributed by atoms with van der Waals surface area (Å²) >= 11 is 3.32. The van der Waals surface area contributed by atoms with Crippen molar-refractivity contribution in [3.05, 3.63) is 82.6 Å². The van der Waals surface area contributed by atoms with Crippen LogP contribution in [0.15, 0.2) is 71.2 Å². The molecule has 148 valence electrons. The van der Waals surface area contributed by atoms with Gasteiger partial charge in [-0.25, -0.2) is 4.39 Å². The second kappa shape index (κ2) is 9.20. The van der Waals surface area contributed by atoms with E-state index in [4.69, 9.17) is 15.2 Å². The maximum atomic E-state index is 14.3. The maximum Gasteiger partial charge on any atom is 0.255 e. The quantitative estimate of drug-likeness (QED) is 0.545. The largest absolute Gasteiger partial charge is 0.484 e. The van der Waals surface area contributed by atoms with Crippen LogP contribution in [0.25, 0.3) is 0 Å². The Labute approximate surface area is 174 Å². The molecule has 3 aromatic rings. The number of nitrogens with one attached hydrogen (secondary N) is 1. The molecular formula is C21H16BrFN2O4. The number of nitrogens with two attached hydrogens (primary N) is 1. The third kappa shape index (κ3) is 5.79. The van der Waals surface area contributed by atoms with E-state index in [0.717, 1.165) is 10.5 Å². The minimum atomic E-state index is -0.657. The van der Waals surface area contributed by atoms with Crippen LogP contribution in [-0.4, -0.2) is 18.4 Å². The molecule has 0 aliphatic heterocycles. The number of rotatable bonds is 7. The molecule has 0 aliphatic rings. The van der Waals surface area contributed by atoms with Crippen molar-refractivity contribution in [3.63, 3.8) is 0 Å². The molecule has 6 nitrogen and oxygen atoms in total. The van der Waals surface area contributed by atoms with Crippen LogP contribution in [0, 0.1) is 5.82 Å². The molecule has 0 unspecified atom stereocenters. The Balaban J connectivity index is 1.64. The van der Waals surface area contributed by atoms with Gasteiger partial charge in [0.1, 0.15) is 11.5 Å². The van der Waals surface area contributed by atoms with Crippen molar-refractivity contribution in [3.8, 4) is 17.2 Å². The van der Waals surface area contributed by atoms with Gasteiger partial charge >= 0.3 is 0 Å². The number of primary amides is 1. The number of anilines is 1. The van der Waals surface area contributed by atoms with Crippen LogP contribution in [0.4, 0.5) is 10.1 Å². The lowest BCUT2D eigenvalue weighted by Crippen LogP contribution is -2.20. The van der Waals surface area contributed by atoms with Crippen molar-refractivity contribution < 1.29 is 23.5 Å². The highest BCUT2D eigenvalue weighted by molar-refractivity contribution is 9.10. The number of amides is 2. The van der Waals surface area contributed by atoms with Crippen molar-refractivity contribution in [1.82, 2.24) is 0 Å². The van der Waals surface area contributed by atoms with Gasteiger partial charge in [0.15, 0.2) is 18.2 Å². The molecule has 0 aliphatic carbocycles. The second-order valence-electron chi connectivity index (χ2n) is 5.93. The molecule has 3 N–H and O–H groups in total. The van der Waals surface area contributed by atoms with Gasteiger partial charge in [0.2, 0.25) is 0 Å². The summed E-state index contributed by atoms with van der Waals surface area (Å²) in [6.07, 6.45) is 0. The predicted molar refractivity (Wildman–Crippen MR) is 110 cm³/mol. The van der Waals surface area contributed by atoms with E-state index in [9.17, 15) is 14.0 Å². The Bertz CT molecular complexity index is 1020. The summed E-state index contributed by atoms with van der Waals surface area (Å²) < 4.78 is 25.9. The van der Waals surface area contributed by atoms with Gasteiger partial charge in [0.25, 0.3) is 11.8 Å². The predicted octanol–water partition coefficient (Wildman–Crippen LogP) is 4.50. The molecule has 0 bridgehead atoms. The lowest BCUT2D eigenvalue weighted by atomic mass is 10.2. The van der Waals surface area contributed by atoms with Gasteiger partial charge in [-0.3, -0.25) is 9.59 Å². The maximum absolute atomic E-state index is 14.3. The van der Waals surface area contributed by atoms with E-state index in [-0.39, 0.29) is 17.9 Å². The van der Waals surface area contributed by atoms with Gasteiger partial charge in [-0.1, -0.05) is 15.9 Å². The van der Waals surface area contributed by atoms with Crippen LogP contribution in [0.3, 0.4) is 0 Å². The molecule has 0 saturated carbocycles. The first-order valence-corrected chi connectivity index (χ1v) is 9.25. The molecule has 3 aromatic carbocycles. The highest BCUT2D eigenvalue weighted by Gasteiger charge is 2.12. The van der Waals surface area contributed by atoms with Crippen LogP contribution >= 0.6 is 15.9 Å². The molecule has 0 spiro atoms. The zero-order valence-electron chi connectivity index (χ0n) is 15.0. The zero-order valence-corrected chi connectivity index (χ0v) is 16.6. The summed E-state index contributed by atoms with van der Waals surface area (Å²) in [5.74, 6) is -0.803. The minimum absolute atomic E-state index is 0.0137. The molecule has 0 heterocycles. The lowest BCUT2D eigenvalue weighted by molar-refractivity contribution is -0.119. The van der Waals surface area contributed by atoms with Gasteiger partial charge in [-0.05, 0) is 66.7 Å². The Kier molecular flexibility index (Phi) is 6.46. The molecule has 2 amide bonds. The SMILES string of the molecule is NC(=O)COc1ccc(NC(=O)c2ccc(Oc3ccc(Br)cc3)c(F)c2)cc1. The molecule has 29 heavy (non-hydrogen) atoms. The normalized spacial score (nSPS) is 10.3. The van der Waals surface area contributed by atoms with E-state index >= 15 is 0 Å². The minimum Gasteiger partial charge on any atom is -0.484 e. The number of ether oxygens (including phenoxy) is 2. The van der Waals surface area contributed by atoms with E-state index in [0.29, 0.717) is 17.2 Å². The number of halogens is 2. The fourth-order valence-corrected chi connectivity index (χ4v) is 2.61. The number of benzene rings is 3. The average molecular weight is 459 g/mol. The average Bonchev–Trinajstić information content (AvgIpc) is 2.70. The van der Waals surface area contributed by atoms with Crippen LogP contribution in [0.2, 0.25) is 0 Å². The van der Waals surface area contributed by atoms with Crippen LogP contribution < -0.4 is 20.5 Å². The van der Waals surface area contributed by atoms with E-state index in [1.165, 1.54) is 12.1 Å². The number of hydrogen-bond acceptors (Lipinski definition) is 4. The smallest absolute Gasteiger partial charge is 0.255 e. The van der Waals surface area contributed by atoms with E-state index < -0.39 is 17.6 Å². The number of carbonyl (C=O) groups is 2. The second-order valence-corrected chi connectivity index (χ2v) is 6.85. The van der Waals surface area contributed by atoms with Gasteiger partial charge in [-0.15, -0.1) is 0 Å². The van der Waals surface area contributed by atoms with Gasteiger partial charge in [0, 0.05) is 15.7 Å². The van der Waals surface area contributed by atoms with Gasteiger partial charge < -0.3 is 20.5 Å². The van der Waals surface area contributed by atoms with Crippen molar-refractivity contribution in [2.24, 2.45) is 5.73 Å². The van der Waals surface area contributed by atoms with E-state index in [1.54, 1.807) is 48.5 Å². The van der Waals surface area contributed by atoms with Crippen molar-refractivity contribution in [2.75, 3.05) is 11.9 Å². The van der Waals surface area contributed by atoms with Gasteiger partial charge in [-0.2, -0.15) is 0 Å². The number of carbonyl (C=O) groups excluding carboxylic acids is 2. The summed E-state index contributed by atoms with van der Waals surface area (Å²) in [7, 11) is 0. The van der Waals surface area contributed by atoms with Crippen LogP contribution in [0.5, 0.6) is 17.2 Å². The Morgan fingerprint density at radius 1 is 0.966 bits per heavy atom. The first-order chi connectivity index (χ1) is 13.9. The monoisotopic (exact) mass is 458 g/mol. The molecular weight excluding hydrogens is 443 g/mol. The van der Waals surface area contributed by atoms with Crippen molar-refractivity contribution >= 4 is 33.4 Å². The lowest BCUT2D eigenvalue weighted by Gasteiger charge is -2.10. The molecule has 0 fully saturated rings. The fraction of sp³-hybridized carbons (Fsp3) is 0.0476. The van der Waals surface area contributed by atoms with Crippen molar-refractivity contribution in [1.29, 1.82) is 0 Å². The Morgan fingerprint density at radius 2 is 1.62 bits per heavy atom. The third-order valence-corrected chi connectivity index (χ3v) is 4.26. The Morgan fingerprint density at radius 3 is 2.24 bits per heavy atom. The molecule has 0 aromatic heterocycles. The molecule has 0 saturated heterocycles. The van der Waals surface area contributed by atoms with E-state index in [1.807, 2.05) is 0 Å². The fourth-order valence-electron chi connectivity index (χ4n) is 2.35. The molecule has 0 atom stereocenters. The molecule has 8 heteroatoms. The van der Waals surface area contributed by atoms with E-state index in [2.05, 4.69) is 21.2 Å². The first kappa shape index (κ1) is 20.3. The highest BCUT2D eigenvalue weighted by atomic mass is 79.9. The summed E-state index contributed by atoms with van der Waals surface area (Å²) in [4.78, 5) is 23.1. The summed E-state index contributed by atoms with van der Waals surface area (Å²) in [6, 6.07) is 17.3. The van der Waals surface area contributed by atoms with Crippen molar-refractivity contribution in [2.45, 2.75) is 0 Å². The standard InChI is InChI=1S/C21H16BrFN2O4/c22-14-2-6-17(7-3-14)29-19-10-1-13(11-18(19)23)21(27)25-15-4-8-16(9-5-15)28-12-20(24)26/h1-11H,12H2,(H2,24,26)(H,25,27). The molecule has 0 radical (unpaired) electrons. The third-order valence-electron chi connectivity index (χ3n) is 3.73. The summed E-state index contributed by atoms with van der Waals surface area (Å²) in [5.41, 5.74) is 5.63. The van der Waals surface area contributed by atoms with Gasteiger partial charge in [0.05, 0.1) is 0 Å². The summed E-state index contributed by atoms with van der Waals surface area (Å²) in [5, 5.41) is 2.65. The summed E-state index contributed by atoms with van der Waals surface area (Å²) in [6.45, 7) is -0.236. The first-order valence-electron chi connectivity index (χ1n) is 8.46. The number of hydrogen-bond donors (Lipinski definition) is 2. The van der Waals surface area contributed by atoms with Crippen LogP contribution in [-0.2, 0) is 4.79 Å². The Hall–Kier alpha value is -3.39. The highest BCUT2D eigenvalue weighted by Crippen LogP contribution is 2.26. The molecule has 3 rings (SSSR count).